The Morgan fingerprint density at radius 3 is 2.82 bits per heavy atom. The Bertz CT molecular complexity index is 554. The van der Waals surface area contributed by atoms with E-state index >= 15 is 0 Å². The molecule has 1 unspecified atom stereocenters. The molecule has 1 aromatic heterocycles. The van der Waals surface area contributed by atoms with Crippen LogP contribution in [0.2, 0.25) is 0 Å². The molecule has 120 valence electrons. The number of nitrogens with zero attached hydrogens (tertiary/aromatic N) is 3. The molecule has 3 aliphatic heterocycles. The number of hydrogen-bond acceptors (Lipinski definition) is 5. The number of piperidine rings is 1. The maximum absolute atomic E-state index is 12.5. The molecule has 0 aromatic carbocycles. The third-order valence-electron chi connectivity index (χ3n) is 5.36. The second-order valence-electron chi connectivity index (χ2n) is 6.72. The van der Waals surface area contributed by atoms with Crippen LogP contribution in [0.5, 0.6) is 0 Å². The zero-order valence-corrected chi connectivity index (χ0v) is 13.8. The number of thiazole rings is 1. The first kappa shape index (κ1) is 14.5. The molecule has 1 N–H and O–H groups in total. The van der Waals surface area contributed by atoms with Crippen molar-refractivity contribution in [3.8, 4) is 0 Å². The van der Waals surface area contributed by atoms with Gasteiger partial charge < -0.3 is 10.2 Å². The topological polar surface area (TPSA) is 48.5 Å². The molecule has 4 heterocycles. The molecule has 1 atom stereocenters. The van der Waals surface area contributed by atoms with Crippen LogP contribution in [0, 0.1) is 0 Å². The van der Waals surface area contributed by atoms with Gasteiger partial charge in [-0.1, -0.05) is 0 Å². The van der Waals surface area contributed by atoms with Crippen molar-refractivity contribution in [1.82, 2.24) is 15.2 Å². The standard InChI is InChI=1S/C16H24N4OS/c21-14-16(5-3-7-17-14)6-4-10-20(16)12-13-11-18-15(22-13)19-8-1-2-9-19/h11H,1-10,12H2,(H,17,21). The lowest BCUT2D eigenvalue weighted by Gasteiger charge is -2.39. The maximum Gasteiger partial charge on any atom is 0.240 e. The average Bonchev–Trinajstić information content (AvgIpc) is 3.25. The second-order valence-corrected chi connectivity index (χ2v) is 7.81. The highest BCUT2D eigenvalue weighted by atomic mass is 32.1. The lowest BCUT2D eigenvalue weighted by Crippen LogP contribution is -2.58. The van der Waals surface area contributed by atoms with Gasteiger partial charge in [0, 0.05) is 37.3 Å². The summed E-state index contributed by atoms with van der Waals surface area (Å²) < 4.78 is 0. The minimum Gasteiger partial charge on any atom is -0.354 e. The van der Waals surface area contributed by atoms with Crippen LogP contribution in [0.15, 0.2) is 6.20 Å². The van der Waals surface area contributed by atoms with Crippen molar-refractivity contribution in [3.05, 3.63) is 11.1 Å². The van der Waals surface area contributed by atoms with Gasteiger partial charge in [0.2, 0.25) is 5.91 Å². The molecular formula is C16H24N4OS. The van der Waals surface area contributed by atoms with Gasteiger partial charge in [-0.3, -0.25) is 9.69 Å². The van der Waals surface area contributed by atoms with Gasteiger partial charge in [-0.05, 0) is 45.1 Å². The Balaban J connectivity index is 1.49. The van der Waals surface area contributed by atoms with E-state index in [2.05, 4.69) is 20.1 Å². The summed E-state index contributed by atoms with van der Waals surface area (Å²) in [5.41, 5.74) is -0.240. The highest BCUT2D eigenvalue weighted by Gasteiger charge is 2.48. The third-order valence-corrected chi connectivity index (χ3v) is 6.41. The van der Waals surface area contributed by atoms with Crippen LogP contribution < -0.4 is 10.2 Å². The Morgan fingerprint density at radius 2 is 2.00 bits per heavy atom. The number of likely N-dealkylation sites (tertiary alicyclic amines) is 1. The summed E-state index contributed by atoms with van der Waals surface area (Å²) in [4.78, 5) is 23.2. The van der Waals surface area contributed by atoms with Crippen molar-refractivity contribution in [3.63, 3.8) is 0 Å². The van der Waals surface area contributed by atoms with Gasteiger partial charge in [-0.2, -0.15) is 0 Å². The van der Waals surface area contributed by atoms with Gasteiger partial charge in [0.05, 0.1) is 0 Å². The third kappa shape index (κ3) is 2.42. The summed E-state index contributed by atoms with van der Waals surface area (Å²) >= 11 is 1.81. The van der Waals surface area contributed by atoms with E-state index in [9.17, 15) is 4.79 Å². The van der Waals surface area contributed by atoms with Crippen molar-refractivity contribution in [2.45, 2.75) is 50.6 Å². The molecule has 3 saturated heterocycles. The highest BCUT2D eigenvalue weighted by Crippen LogP contribution is 2.38. The Labute approximate surface area is 135 Å². The maximum atomic E-state index is 12.5. The second kappa shape index (κ2) is 5.81. The van der Waals surface area contributed by atoms with E-state index in [0.29, 0.717) is 0 Å². The summed E-state index contributed by atoms with van der Waals surface area (Å²) in [6.45, 7) is 5.03. The first-order chi connectivity index (χ1) is 10.8. The molecule has 0 bridgehead atoms. The Hall–Kier alpha value is -1.14. The molecule has 22 heavy (non-hydrogen) atoms. The normalized spacial score (nSPS) is 29.5. The van der Waals surface area contributed by atoms with Gasteiger partial charge in [-0.15, -0.1) is 11.3 Å². The van der Waals surface area contributed by atoms with E-state index in [4.69, 9.17) is 0 Å². The fraction of sp³-hybridized carbons (Fsp3) is 0.750. The largest absolute Gasteiger partial charge is 0.354 e. The molecular weight excluding hydrogens is 296 g/mol. The minimum absolute atomic E-state index is 0.240. The quantitative estimate of drug-likeness (QED) is 0.925. The van der Waals surface area contributed by atoms with Crippen LogP contribution in [0.4, 0.5) is 5.13 Å². The van der Waals surface area contributed by atoms with Crippen LogP contribution in [-0.2, 0) is 11.3 Å². The SMILES string of the molecule is O=C1NCCCC12CCCN2Cc1cnc(N2CCCC2)s1. The van der Waals surface area contributed by atoms with E-state index in [1.165, 1.54) is 17.7 Å². The molecule has 3 fully saturated rings. The number of amides is 1. The van der Waals surface area contributed by atoms with Crippen LogP contribution >= 0.6 is 11.3 Å². The molecule has 0 radical (unpaired) electrons. The highest BCUT2D eigenvalue weighted by molar-refractivity contribution is 7.15. The minimum atomic E-state index is -0.240. The molecule has 3 aliphatic rings. The van der Waals surface area contributed by atoms with E-state index < -0.39 is 0 Å². The first-order valence-corrected chi connectivity index (χ1v) is 9.33. The molecule has 4 rings (SSSR count). The van der Waals surface area contributed by atoms with Crippen LogP contribution in [0.25, 0.3) is 0 Å². The van der Waals surface area contributed by atoms with Crippen molar-refractivity contribution in [2.75, 3.05) is 31.1 Å². The predicted octanol–water partition coefficient (Wildman–Crippen LogP) is 1.99. The fourth-order valence-corrected chi connectivity index (χ4v) is 5.16. The summed E-state index contributed by atoms with van der Waals surface area (Å²) in [6, 6.07) is 0. The number of anilines is 1. The summed E-state index contributed by atoms with van der Waals surface area (Å²) in [7, 11) is 0. The summed E-state index contributed by atoms with van der Waals surface area (Å²) in [5, 5.41) is 4.24. The number of nitrogens with one attached hydrogen (secondary N) is 1. The monoisotopic (exact) mass is 320 g/mol. The summed E-state index contributed by atoms with van der Waals surface area (Å²) in [6.07, 6.45) is 8.84. The predicted molar refractivity (Wildman–Crippen MR) is 88.2 cm³/mol. The van der Waals surface area contributed by atoms with Gasteiger partial charge in [0.25, 0.3) is 0 Å². The molecule has 1 aromatic rings. The van der Waals surface area contributed by atoms with Gasteiger partial charge in [0.1, 0.15) is 5.54 Å². The fourth-order valence-electron chi connectivity index (χ4n) is 4.18. The van der Waals surface area contributed by atoms with E-state index in [1.54, 1.807) is 11.3 Å². The van der Waals surface area contributed by atoms with Gasteiger partial charge in [-0.25, -0.2) is 4.98 Å². The van der Waals surface area contributed by atoms with E-state index in [0.717, 1.165) is 63.5 Å². The number of carbonyl (C=O) groups excluding carboxylic acids is 1. The molecule has 0 aliphatic carbocycles. The smallest absolute Gasteiger partial charge is 0.240 e. The van der Waals surface area contributed by atoms with E-state index in [1.807, 2.05) is 6.20 Å². The molecule has 6 heteroatoms. The van der Waals surface area contributed by atoms with Crippen LogP contribution in [0.1, 0.15) is 43.4 Å². The van der Waals surface area contributed by atoms with Crippen LogP contribution in [0.3, 0.4) is 0 Å². The Morgan fingerprint density at radius 1 is 1.18 bits per heavy atom. The number of rotatable bonds is 3. The van der Waals surface area contributed by atoms with Crippen molar-refractivity contribution >= 4 is 22.4 Å². The number of carbonyl (C=O) groups is 1. The van der Waals surface area contributed by atoms with Crippen molar-refractivity contribution < 1.29 is 4.79 Å². The number of aromatic nitrogens is 1. The van der Waals surface area contributed by atoms with Crippen molar-refractivity contribution in [1.29, 1.82) is 0 Å². The lowest BCUT2D eigenvalue weighted by molar-refractivity contribution is -0.134. The molecule has 5 nitrogen and oxygen atoms in total. The van der Waals surface area contributed by atoms with Gasteiger partial charge in [0.15, 0.2) is 5.13 Å². The first-order valence-electron chi connectivity index (χ1n) is 8.51. The van der Waals surface area contributed by atoms with Crippen LogP contribution in [-0.4, -0.2) is 47.5 Å². The lowest BCUT2D eigenvalue weighted by atomic mass is 9.86. The zero-order chi connectivity index (χ0) is 15.0. The van der Waals surface area contributed by atoms with Crippen molar-refractivity contribution in [2.24, 2.45) is 0 Å². The number of hydrogen-bond donors (Lipinski definition) is 1. The Kier molecular flexibility index (Phi) is 3.82. The molecule has 1 spiro atoms. The van der Waals surface area contributed by atoms with E-state index in [-0.39, 0.29) is 11.4 Å². The zero-order valence-electron chi connectivity index (χ0n) is 13.0. The van der Waals surface area contributed by atoms with Gasteiger partial charge >= 0.3 is 0 Å². The average molecular weight is 320 g/mol. The summed E-state index contributed by atoms with van der Waals surface area (Å²) in [5.74, 6) is 0.250. The molecule has 1 amide bonds. The molecule has 0 saturated carbocycles.